The molecule has 2 aliphatic rings. The summed E-state index contributed by atoms with van der Waals surface area (Å²) in [5.74, 6) is 0.214. The molecule has 5 heteroatoms. The number of fused-ring (bicyclic) bond motifs is 1. The molecule has 1 fully saturated rings. The number of anilines is 2. The Balaban J connectivity index is 1.47. The summed E-state index contributed by atoms with van der Waals surface area (Å²) in [6, 6.07) is 14.3. The third-order valence-electron chi connectivity index (χ3n) is 4.88. The lowest BCUT2D eigenvalue weighted by Gasteiger charge is -2.18. The molecular weight excluding hydrogens is 314 g/mol. The van der Waals surface area contributed by atoms with E-state index in [-0.39, 0.29) is 17.7 Å². The third kappa shape index (κ3) is 3.15. The monoisotopic (exact) mass is 335 g/mol. The Kier molecular flexibility index (Phi) is 4.01. The van der Waals surface area contributed by atoms with Crippen LogP contribution in [0.25, 0.3) is 0 Å². The smallest absolute Gasteiger partial charge is 0.245 e. The number of nitrogens with one attached hydrogen (secondary N) is 1. The maximum Gasteiger partial charge on any atom is 0.245 e. The molecule has 0 bridgehead atoms. The second-order valence-corrected chi connectivity index (χ2v) is 6.74. The summed E-state index contributed by atoms with van der Waals surface area (Å²) in [6.07, 6.45) is 2.84. The molecule has 128 valence electrons. The molecule has 1 aliphatic carbocycles. The van der Waals surface area contributed by atoms with E-state index in [1.165, 1.54) is 0 Å². The van der Waals surface area contributed by atoms with Crippen molar-refractivity contribution in [1.82, 2.24) is 0 Å². The molecule has 1 heterocycles. The van der Waals surface area contributed by atoms with E-state index in [4.69, 9.17) is 5.73 Å². The van der Waals surface area contributed by atoms with E-state index in [0.717, 1.165) is 48.3 Å². The van der Waals surface area contributed by atoms with E-state index in [2.05, 4.69) is 5.32 Å². The van der Waals surface area contributed by atoms with Gasteiger partial charge in [0.25, 0.3) is 0 Å². The van der Waals surface area contributed by atoms with Crippen molar-refractivity contribution in [2.45, 2.75) is 25.3 Å². The van der Waals surface area contributed by atoms with Crippen molar-refractivity contribution >= 4 is 23.2 Å². The molecule has 5 nitrogen and oxygen atoms in total. The molecule has 25 heavy (non-hydrogen) atoms. The number of benzene rings is 2. The Labute approximate surface area is 146 Å². The van der Waals surface area contributed by atoms with Crippen LogP contribution >= 0.6 is 0 Å². The topological polar surface area (TPSA) is 75.4 Å². The van der Waals surface area contributed by atoms with E-state index < -0.39 is 6.04 Å². The quantitative estimate of drug-likeness (QED) is 0.902. The number of hydrogen-bond acceptors (Lipinski definition) is 3. The van der Waals surface area contributed by atoms with Gasteiger partial charge in [0, 0.05) is 23.8 Å². The minimum atomic E-state index is -0.706. The normalized spacial score (nSPS) is 17.1. The van der Waals surface area contributed by atoms with Crippen molar-refractivity contribution in [2.75, 3.05) is 16.8 Å². The van der Waals surface area contributed by atoms with E-state index >= 15 is 0 Å². The van der Waals surface area contributed by atoms with Gasteiger partial charge in [0.05, 0.1) is 0 Å². The van der Waals surface area contributed by atoms with Crippen molar-refractivity contribution in [1.29, 1.82) is 0 Å². The molecule has 2 aromatic carbocycles. The van der Waals surface area contributed by atoms with Gasteiger partial charge in [0.2, 0.25) is 11.8 Å². The minimum Gasteiger partial charge on any atom is -0.324 e. The lowest BCUT2D eigenvalue weighted by Crippen LogP contribution is -2.30. The molecule has 0 radical (unpaired) electrons. The van der Waals surface area contributed by atoms with E-state index in [9.17, 15) is 9.59 Å². The molecule has 1 atom stereocenters. The Hall–Kier alpha value is -2.66. The molecule has 3 N–H and O–H groups in total. The van der Waals surface area contributed by atoms with Crippen LogP contribution in [0, 0.1) is 5.92 Å². The SMILES string of the molecule is N[C@H](C(=O)Nc1ccc2c(c1)CCN2C(=O)C1CC1)c1ccccc1. The Bertz CT molecular complexity index is 815. The van der Waals surface area contributed by atoms with E-state index in [1.54, 1.807) is 0 Å². The van der Waals surface area contributed by atoms with E-state index in [0.29, 0.717) is 0 Å². The fourth-order valence-corrected chi connectivity index (χ4v) is 3.29. The predicted octanol–water partition coefficient (Wildman–Crippen LogP) is 2.62. The average molecular weight is 335 g/mol. The number of rotatable bonds is 4. The Morgan fingerprint density at radius 3 is 2.60 bits per heavy atom. The van der Waals surface area contributed by atoms with Crippen LogP contribution in [0.5, 0.6) is 0 Å². The average Bonchev–Trinajstić information content (AvgIpc) is 3.41. The summed E-state index contributed by atoms with van der Waals surface area (Å²) in [6.45, 7) is 0.728. The third-order valence-corrected chi connectivity index (χ3v) is 4.88. The number of amides is 2. The van der Waals surface area contributed by atoms with Gasteiger partial charge in [-0.05, 0) is 48.6 Å². The van der Waals surface area contributed by atoms with Crippen LogP contribution < -0.4 is 16.0 Å². The zero-order valence-corrected chi connectivity index (χ0v) is 13.9. The van der Waals surface area contributed by atoms with Crippen LogP contribution in [-0.4, -0.2) is 18.4 Å². The standard InChI is InChI=1S/C20H21N3O2/c21-18(13-4-2-1-3-5-13)19(24)22-16-8-9-17-15(12-16)10-11-23(17)20(25)14-6-7-14/h1-5,8-9,12,14,18H,6-7,10-11,21H2,(H,22,24)/t18-/m0/s1. The molecule has 2 amide bonds. The number of nitrogens with zero attached hydrogens (tertiary/aromatic N) is 1. The van der Waals surface area contributed by atoms with Crippen LogP contribution in [0.4, 0.5) is 11.4 Å². The molecular formula is C20H21N3O2. The van der Waals surface area contributed by atoms with Crippen LogP contribution in [0.2, 0.25) is 0 Å². The van der Waals surface area contributed by atoms with Crippen LogP contribution in [0.3, 0.4) is 0 Å². The van der Waals surface area contributed by atoms with Crippen molar-refractivity contribution in [3.05, 3.63) is 59.7 Å². The van der Waals surface area contributed by atoms with Crippen molar-refractivity contribution < 1.29 is 9.59 Å². The first kappa shape index (κ1) is 15.8. The maximum absolute atomic E-state index is 12.4. The van der Waals surface area contributed by atoms with Crippen LogP contribution in [-0.2, 0) is 16.0 Å². The Morgan fingerprint density at radius 1 is 1.12 bits per heavy atom. The molecule has 1 saturated carbocycles. The molecule has 0 aromatic heterocycles. The summed E-state index contributed by atoms with van der Waals surface area (Å²) in [4.78, 5) is 26.6. The zero-order chi connectivity index (χ0) is 17.4. The Morgan fingerprint density at radius 2 is 1.88 bits per heavy atom. The molecule has 4 rings (SSSR count). The highest BCUT2D eigenvalue weighted by Gasteiger charge is 2.36. The van der Waals surface area contributed by atoms with Crippen molar-refractivity contribution in [3.8, 4) is 0 Å². The molecule has 2 aromatic rings. The fraction of sp³-hybridized carbons (Fsp3) is 0.300. The summed E-state index contributed by atoms with van der Waals surface area (Å²) < 4.78 is 0. The highest BCUT2D eigenvalue weighted by atomic mass is 16.2. The van der Waals surface area contributed by atoms with Gasteiger partial charge in [-0.25, -0.2) is 0 Å². The largest absolute Gasteiger partial charge is 0.324 e. The number of carbonyl (C=O) groups excluding carboxylic acids is 2. The summed E-state index contributed by atoms with van der Waals surface area (Å²) in [5, 5.41) is 2.88. The molecule has 1 aliphatic heterocycles. The first-order chi connectivity index (χ1) is 12.1. The number of hydrogen-bond donors (Lipinski definition) is 2. The highest BCUT2D eigenvalue weighted by molar-refractivity contribution is 5.99. The fourth-order valence-electron chi connectivity index (χ4n) is 3.29. The lowest BCUT2D eigenvalue weighted by atomic mass is 10.1. The summed E-state index contributed by atoms with van der Waals surface area (Å²) in [7, 11) is 0. The molecule has 0 spiro atoms. The first-order valence-corrected chi connectivity index (χ1v) is 8.69. The van der Waals surface area contributed by atoms with Gasteiger partial charge < -0.3 is 16.0 Å². The number of carbonyl (C=O) groups is 2. The maximum atomic E-state index is 12.4. The zero-order valence-electron chi connectivity index (χ0n) is 13.9. The van der Waals surface area contributed by atoms with Gasteiger partial charge in [-0.3, -0.25) is 9.59 Å². The predicted molar refractivity (Wildman–Crippen MR) is 97.2 cm³/mol. The van der Waals surface area contributed by atoms with Crippen LogP contribution in [0.1, 0.15) is 30.0 Å². The first-order valence-electron chi connectivity index (χ1n) is 8.69. The molecule has 0 unspecified atom stereocenters. The van der Waals surface area contributed by atoms with Gasteiger partial charge in [0.15, 0.2) is 0 Å². The second-order valence-electron chi connectivity index (χ2n) is 6.74. The molecule has 0 saturated heterocycles. The van der Waals surface area contributed by atoms with Crippen molar-refractivity contribution in [2.24, 2.45) is 11.7 Å². The van der Waals surface area contributed by atoms with Gasteiger partial charge >= 0.3 is 0 Å². The number of nitrogens with two attached hydrogens (primary N) is 1. The van der Waals surface area contributed by atoms with Gasteiger partial charge in [-0.15, -0.1) is 0 Å². The van der Waals surface area contributed by atoms with E-state index in [1.807, 2.05) is 53.4 Å². The van der Waals surface area contributed by atoms with Crippen LogP contribution in [0.15, 0.2) is 48.5 Å². The minimum absolute atomic E-state index is 0.217. The lowest BCUT2D eigenvalue weighted by molar-refractivity contribution is -0.119. The summed E-state index contributed by atoms with van der Waals surface area (Å²) in [5.41, 5.74) is 9.61. The van der Waals surface area contributed by atoms with Crippen molar-refractivity contribution in [3.63, 3.8) is 0 Å². The van der Waals surface area contributed by atoms with Gasteiger partial charge in [0.1, 0.15) is 6.04 Å². The van der Waals surface area contributed by atoms with Gasteiger partial charge in [-0.2, -0.15) is 0 Å². The van der Waals surface area contributed by atoms with Gasteiger partial charge in [-0.1, -0.05) is 30.3 Å². The second kappa shape index (κ2) is 6.33. The highest BCUT2D eigenvalue weighted by Crippen LogP contribution is 2.37. The summed E-state index contributed by atoms with van der Waals surface area (Å²) >= 11 is 0.